The van der Waals surface area contributed by atoms with E-state index in [1.54, 1.807) is 25.3 Å². The fourth-order valence-corrected chi connectivity index (χ4v) is 9.20. The summed E-state index contributed by atoms with van der Waals surface area (Å²) in [6.07, 6.45) is 6.22. The predicted molar refractivity (Wildman–Crippen MR) is 189 cm³/mol. The van der Waals surface area contributed by atoms with Crippen LogP contribution in [0.4, 0.5) is 4.79 Å². The van der Waals surface area contributed by atoms with Crippen molar-refractivity contribution < 1.29 is 46.9 Å². The Morgan fingerprint density at radius 3 is 2.52 bits per heavy atom. The van der Waals surface area contributed by atoms with E-state index in [1.165, 1.54) is 25.3 Å². The molecule has 16 heteroatoms. The van der Waals surface area contributed by atoms with E-state index in [0.29, 0.717) is 48.0 Å². The minimum atomic E-state index is -3.90. The number of ether oxygens (including phenoxy) is 3. The third-order valence-corrected chi connectivity index (χ3v) is 13.1. The van der Waals surface area contributed by atoms with Crippen molar-refractivity contribution in [2.24, 2.45) is 17.8 Å². The molecule has 15 nitrogen and oxygen atoms in total. The highest BCUT2D eigenvalue weighted by molar-refractivity contribution is 7.90. The molecule has 3 fully saturated rings. The van der Waals surface area contributed by atoms with Gasteiger partial charge in [0.1, 0.15) is 35.2 Å². The molecule has 0 spiro atoms. The van der Waals surface area contributed by atoms with Crippen LogP contribution in [0.3, 0.4) is 0 Å². The molecule has 3 N–H and O–H groups in total. The summed E-state index contributed by atoms with van der Waals surface area (Å²) in [6.45, 7) is 3.76. The molecule has 6 rings (SSSR count). The lowest BCUT2D eigenvalue weighted by molar-refractivity contribution is -0.142. The van der Waals surface area contributed by atoms with Gasteiger partial charge in [-0.3, -0.25) is 14.4 Å². The van der Waals surface area contributed by atoms with E-state index in [1.807, 2.05) is 26.0 Å². The highest BCUT2D eigenvalue weighted by atomic mass is 32.2. The molecule has 1 aromatic heterocycles. The number of pyridine rings is 1. The molecule has 2 aliphatic heterocycles. The topological polar surface area (TPSA) is 194 Å². The summed E-state index contributed by atoms with van der Waals surface area (Å²) in [7, 11) is 0.390. The average Bonchev–Trinajstić information content (AvgIpc) is 4.04. The molecule has 4 amide bonds. The van der Waals surface area contributed by atoms with Crippen molar-refractivity contribution in [1.82, 2.24) is 24.8 Å². The maximum absolute atomic E-state index is 14.4. The summed E-state index contributed by atoms with van der Waals surface area (Å²) in [5.41, 5.74) is -1.53. The van der Waals surface area contributed by atoms with Gasteiger partial charge in [0.25, 0.3) is 5.91 Å². The largest absolute Gasteiger partial charge is 0.497 e. The number of benzene rings is 1. The molecule has 7 atom stereocenters. The number of amides is 4. The van der Waals surface area contributed by atoms with Crippen molar-refractivity contribution >= 4 is 44.6 Å². The van der Waals surface area contributed by atoms with Crippen molar-refractivity contribution in [3.8, 4) is 17.4 Å². The number of allylic oxidation sites excluding steroid dienone is 1. The van der Waals surface area contributed by atoms with Crippen LogP contribution in [-0.2, 0) is 24.4 Å². The first-order valence-corrected chi connectivity index (χ1v) is 19.2. The Balaban J connectivity index is 1.36. The van der Waals surface area contributed by atoms with Crippen LogP contribution in [0, 0.1) is 17.8 Å². The average molecular weight is 742 g/mol. The highest BCUT2D eigenvalue weighted by Gasteiger charge is 2.63. The van der Waals surface area contributed by atoms with E-state index < -0.39 is 74.7 Å². The van der Waals surface area contributed by atoms with Gasteiger partial charge in [0.05, 0.1) is 32.2 Å². The molecule has 282 valence electrons. The zero-order chi connectivity index (χ0) is 37.5. The first kappa shape index (κ1) is 37.2. The van der Waals surface area contributed by atoms with Crippen molar-refractivity contribution in [2.45, 2.75) is 87.8 Å². The first-order chi connectivity index (χ1) is 24.7. The molecule has 0 radical (unpaired) electrons. The van der Waals surface area contributed by atoms with Crippen LogP contribution in [-0.4, -0.2) is 108 Å². The maximum atomic E-state index is 14.4. The molecule has 2 aliphatic carbocycles. The molecule has 1 aromatic carbocycles. The van der Waals surface area contributed by atoms with Crippen LogP contribution < -0.4 is 24.8 Å². The number of carbonyl (C=O) groups excluding carboxylic acids is 3. The minimum Gasteiger partial charge on any atom is -0.497 e. The van der Waals surface area contributed by atoms with Gasteiger partial charge in [-0.1, -0.05) is 26.0 Å². The van der Waals surface area contributed by atoms with Gasteiger partial charge in [-0.15, -0.1) is 0 Å². The summed E-state index contributed by atoms with van der Waals surface area (Å²) in [5.74, 6) is -1.44. The van der Waals surface area contributed by atoms with Gasteiger partial charge in [0, 0.05) is 30.2 Å². The molecule has 4 aliphatic rings. The molecule has 52 heavy (non-hydrogen) atoms. The van der Waals surface area contributed by atoms with Gasteiger partial charge in [-0.2, -0.15) is 0 Å². The van der Waals surface area contributed by atoms with Crippen LogP contribution >= 0.6 is 0 Å². The number of carbonyl (C=O) groups is 4. The Kier molecular flexibility index (Phi) is 10.3. The van der Waals surface area contributed by atoms with Crippen molar-refractivity contribution in [3.05, 3.63) is 36.5 Å². The van der Waals surface area contributed by atoms with Gasteiger partial charge >= 0.3 is 6.09 Å². The Labute approximate surface area is 303 Å². The number of hydrogen-bond acceptors (Lipinski definition) is 10. The van der Waals surface area contributed by atoms with Gasteiger partial charge in [0.2, 0.25) is 27.7 Å². The molecular weight excluding hydrogens is 694 g/mol. The molecule has 3 heterocycles. The number of carboxylic acid groups (broad SMARTS) is 1. The smallest absolute Gasteiger partial charge is 0.405 e. The predicted octanol–water partition coefficient (Wildman–Crippen LogP) is 3.07. The number of fused-ring (bicyclic) bond motifs is 3. The number of sulfonamides is 1. The lowest BCUT2D eigenvalue weighted by atomic mass is 9.88. The number of aromatic nitrogens is 1. The van der Waals surface area contributed by atoms with Gasteiger partial charge in [-0.05, 0) is 68.6 Å². The van der Waals surface area contributed by atoms with Crippen molar-refractivity contribution in [2.75, 3.05) is 27.8 Å². The Bertz CT molecular complexity index is 1880. The zero-order valence-electron chi connectivity index (χ0n) is 30.0. The molecular formula is C36H47N5O10S. The van der Waals surface area contributed by atoms with E-state index in [9.17, 15) is 32.7 Å². The second kappa shape index (κ2) is 14.4. The molecule has 2 aromatic rings. The second-order valence-electron chi connectivity index (χ2n) is 14.6. The van der Waals surface area contributed by atoms with Crippen LogP contribution in [0.2, 0.25) is 0 Å². The van der Waals surface area contributed by atoms with Crippen LogP contribution in [0.1, 0.15) is 58.8 Å². The number of rotatable bonds is 8. The van der Waals surface area contributed by atoms with Crippen molar-refractivity contribution in [1.29, 1.82) is 0 Å². The SMILES string of the molecule is COc1ccc2c(O[C@@H]3C[C@H]4C(=O)N[C@]5(C(=O)N(C)S(=O)(=O)C6CC6)C[C@H]5C=CCC[C@@H](C)C[C@@H](C)[C@H](NC(=O)O)C(=O)N4C3)ncc(OC)c2c1. The Morgan fingerprint density at radius 1 is 1.10 bits per heavy atom. The normalized spacial score (nSPS) is 29.5. The monoisotopic (exact) mass is 741 g/mol. The van der Waals surface area contributed by atoms with Gasteiger partial charge in [-0.25, -0.2) is 22.5 Å². The summed E-state index contributed by atoms with van der Waals surface area (Å²) >= 11 is 0. The van der Waals surface area contributed by atoms with Crippen LogP contribution in [0.15, 0.2) is 36.5 Å². The fraction of sp³-hybridized carbons (Fsp3) is 0.583. The first-order valence-electron chi connectivity index (χ1n) is 17.7. The number of nitrogens with zero attached hydrogens (tertiary/aromatic N) is 3. The van der Waals surface area contributed by atoms with E-state index in [-0.39, 0.29) is 31.2 Å². The van der Waals surface area contributed by atoms with E-state index in [2.05, 4.69) is 15.6 Å². The van der Waals surface area contributed by atoms with Gasteiger partial charge < -0.3 is 34.9 Å². The van der Waals surface area contributed by atoms with Crippen LogP contribution in [0.25, 0.3) is 10.8 Å². The quantitative estimate of drug-likeness (QED) is 0.337. The van der Waals surface area contributed by atoms with Gasteiger partial charge in [0.15, 0.2) is 0 Å². The molecule has 2 saturated carbocycles. The fourth-order valence-electron chi connectivity index (χ4n) is 7.63. The minimum absolute atomic E-state index is 0.00546. The molecule has 1 saturated heterocycles. The number of methoxy groups -OCH3 is 2. The standard InChI is InChI=1S/C36H47N5O10S/c1-20-8-6-7-9-22-17-36(22,34(44)40(3)52(47,48)25-11-12-25)39-31(42)28-16-24(19-41(28)33(43)30(21(2)14-20)38-35(45)46)51-32-26-13-10-23(49-4)15-27(26)29(50-5)18-37-32/h7,9-10,13,15,18,20-22,24-25,28,30,38H,6,8,11-12,14,16-17,19H2,1-5H3,(H,39,42)(H,45,46)/t20-,21-,22-,24-,28+,30+,36-/m1/s1. The number of likely N-dealkylation sites (N-methyl/N-ethyl adjacent to an activating group) is 1. The third kappa shape index (κ3) is 7.21. The van der Waals surface area contributed by atoms with E-state index >= 15 is 0 Å². The lowest BCUT2D eigenvalue weighted by Crippen LogP contribution is -2.59. The molecule has 0 unspecified atom stereocenters. The third-order valence-electron chi connectivity index (χ3n) is 10.8. The van der Waals surface area contributed by atoms with Crippen molar-refractivity contribution in [3.63, 3.8) is 0 Å². The maximum Gasteiger partial charge on any atom is 0.405 e. The Morgan fingerprint density at radius 2 is 1.85 bits per heavy atom. The number of nitrogens with one attached hydrogen (secondary N) is 2. The summed E-state index contributed by atoms with van der Waals surface area (Å²) in [4.78, 5) is 60.6. The van der Waals surface area contributed by atoms with Crippen LogP contribution in [0.5, 0.6) is 17.4 Å². The molecule has 0 bridgehead atoms. The zero-order valence-corrected chi connectivity index (χ0v) is 30.9. The highest BCUT2D eigenvalue weighted by Crippen LogP contribution is 2.48. The summed E-state index contributed by atoms with van der Waals surface area (Å²) in [5, 5.41) is 15.7. The lowest BCUT2D eigenvalue weighted by Gasteiger charge is -2.32. The summed E-state index contributed by atoms with van der Waals surface area (Å²) < 4.78 is 44.4. The Hall–Kier alpha value is -4.60. The summed E-state index contributed by atoms with van der Waals surface area (Å²) in [6, 6.07) is 2.95. The van der Waals surface area contributed by atoms with E-state index in [0.717, 1.165) is 10.7 Å². The second-order valence-corrected chi connectivity index (χ2v) is 16.8. The van der Waals surface area contributed by atoms with E-state index in [4.69, 9.17) is 14.2 Å². The number of hydrogen-bond donors (Lipinski definition) is 3.